The number of hydrogen-bond donors (Lipinski definition) is 1. The second-order valence-corrected chi connectivity index (χ2v) is 7.84. The normalized spacial score (nSPS) is 10.6. The number of carbonyl (C=O) groups excluding carboxylic acids is 2. The second kappa shape index (κ2) is 8.93. The van der Waals surface area contributed by atoms with E-state index in [1.54, 1.807) is 11.6 Å². The molecular weight excluding hydrogens is 412 g/mol. The second-order valence-electron chi connectivity index (χ2n) is 6.84. The molecule has 2 aromatic carbocycles. The quantitative estimate of drug-likeness (QED) is 0.452. The fourth-order valence-electron chi connectivity index (χ4n) is 3.05. The summed E-state index contributed by atoms with van der Waals surface area (Å²) < 4.78 is 7.08. The predicted molar refractivity (Wildman–Crippen MR) is 119 cm³/mol. The molecule has 1 amide bonds. The molecule has 31 heavy (non-hydrogen) atoms. The Hall–Kier alpha value is -3.78. The third kappa shape index (κ3) is 4.54. The zero-order chi connectivity index (χ0) is 21.8. The molecule has 0 aliphatic rings. The van der Waals surface area contributed by atoms with Crippen LogP contribution in [0, 0.1) is 13.8 Å². The van der Waals surface area contributed by atoms with E-state index in [1.807, 2.05) is 67.6 Å². The number of carbonyl (C=O) groups is 2. The third-order valence-electron chi connectivity index (χ3n) is 4.67. The SMILES string of the molecule is Cc1nc(NC(=O)c2cnn(-c3ccccc3)c2C)sc1C(=O)OCc1ccccc1. The van der Waals surface area contributed by atoms with E-state index in [0.29, 0.717) is 27.0 Å². The Kier molecular flexibility index (Phi) is 5.90. The van der Waals surface area contributed by atoms with Gasteiger partial charge in [0.2, 0.25) is 0 Å². The van der Waals surface area contributed by atoms with Gasteiger partial charge in [0.15, 0.2) is 5.13 Å². The van der Waals surface area contributed by atoms with Gasteiger partial charge in [-0.15, -0.1) is 0 Å². The molecule has 0 bridgehead atoms. The summed E-state index contributed by atoms with van der Waals surface area (Å²) in [6, 6.07) is 19.0. The van der Waals surface area contributed by atoms with Gasteiger partial charge in [0.05, 0.1) is 28.8 Å². The molecule has 0 saturated carbocycles. The van der Waals surface area contributed by atoms with Crippen molar-refractivity contribution in [1.29, 1.82) is 0 Å². The van der Waals surface area contributed by atoms with E-state index in [-0.39, 0.29) is 12.5 Å². The molecule has 0 spiro atoms. The average Bonchev–Trinajstić information content (AvgIpc) is 3.35. The van der Waals surface area contributed by atoms with Crippen molar-refractivity contribution in [3.8, 4) is 5.69 Å². The Bertz CT molecular complexity index is 1220. The first-order valence-corrected chi connectivity index (χ1v) is 10.4. The lowest BCUT2D eigenvalue weighted by atomic mass is 10.2. The van der Waals surface area contributed by atoms with Crippen LogP contribution < -0.4 is 5.32 Å². The first-order valence-electron chi connectivity index (χ1n) is 9.63. The van der Waals surface area contributed by atoms with E-state index < -0.39 is 5.97 Å². The van der Waals surface area contributed by atoms with Crippen molar-refractivity contribution >= 4 is 28.3 Å². The van der Waals surface area contributed by atoms with Crippen LogP contribution in [0.2, 0.25) is 0 Å². The van der Waals surface area contributed by atoms with Crippen molar-refractivity contribution in [2.75, 3.05) is 5.32 Å². The smallest absolute Gasteiger partial charge is 0.350 e. The van der Waals surface area contributed by atoms with E-state index in [1.165, 1.54) is 6.20 Å². The molecule has 1 N–H and O–H groups in total. The number of benzene rings is 2. The third-order valence-corrected chi connectivity index (χ3v) is 5.72. The summed E-state index contributed by atoms with van der Waals surface area (Å²) in [7, 11) is 0. The van der Waals surface area contributed by atoms with Gasteiger partial charge in [0, 0.05) is 0 Å². The minimum absolute atomic E-state index is 0.177. The molecule has 156 valence electrons. The maximum atomic E-state index is 12.8. The van der Waals surface area contributed by atoms with Crippen molar-refractivity contribution in [3.05, 3.63) is 94.3 Å². The van der Waals surface area contributed by atoms with Gasteiger partial charge in [-0.2, -0.15) is 5.10 Å². The van der Waals surface area contributed by atoms with Crippen LogP contribution >= 0.6 is 11.3 Å². The van der Waals surface area contributed by atoms with Gasteiger partial charge in [-0.05, 0) is 31.5 Å². The lowest BCUT2D eigenvalue weighted by Crippen LogP contribution is -2.13. The highest BCUT2D eigenvalue weighted by atomic mass is 32.1. The van der Waals surface area contributed by atoms with Gasteiger partial charge in [-0.1, -0.05) is 59.9 Å². The number of hydrogen-bond acceptors (Lipinski definition) is 6. The number of amides is 1. The van der Waals surface area contributed by atoms with Crippen LogP contribution in [0.3, 0.4) is 0 Å². The molecule has 0 saturated heterocycles. The van der Waals surface area contributed by atoms with Gasteiger partial charge in [0.1, 0.15) is 11.5 Å². The summed E-state index contributed by atoms with van der Waals surface area (Å²) in [6.07, 6.45) is 1.52. The molecule has 2 aromatic heterocycles. The molecule has 2 heterocycles. The number of aryl methyl sites for hydroxylation is 1. The molecule has 0 aliphatic heterocycles. The highest BCUT2D eigenvalue weighted by molar-refractivity contribution is 7.17. The lowest BCUT2D eigenvalue weighted by Gasteiger charge is -2.05. The minimum Gasteiger partial charge on any atom is -0.457 e. The zero-order valence-electron chi connectivity index (χ0n) is 17.0. The Morgan fingerprint density at radius 3 is 2.42 bits per heavy atom. The maximum Gasteiger partial charge on any atom is 0.350 e. The minimum atomic E-state index is -0.465. The van der Waals surface area contributed by atoms with E-state index in [9.17, 15) is 9.59 Å². The standard InChI is InChI=1S/C23H20N4O3S/c1-15-20(22(29)30-14-17-9-5-3-6-10-17)31-23(25-15)26-21(28)19-13-24-27(16(19)2)18-11-7-4-8-12-18/h3-13H,14H2,1-2H3,(H,25,26,28). The Morgan fingerprint density at radius 2 is 1.71 bits per heavy atom. The molecular formula is C23H20N4O3S. The maximum absolute atomic E-state index is 12.8. The first kappa shape index (κ1) is 20.5. The van der Waals surface area contributed by atoms with Crippen LogP contribution in [0.1, 0.15) is 37.0 Å². The molecule has 8 heteroatoms. The van der Waals surface area contributed by atoms with Gasteiger partial charge in [0.25, 0.3) is 5.91 Å². The van der Waals surface area contributed by atoms with E-state index in [2.05, 4.69) is 15.4 Å². The van der Waals surface area contributed by atoms with Crippen LogP contribution in [0.25, 0.3) is 5.69 Å². The van der Waals surface area contributed by atoms with Crippen molar-refractivity contribution in [3.63, 3.8) is 0 Å². The summed E-state index contributed by atoms with van der Waals surface area (Å²) in [6.45, 7) is 3.72. The molecule has 0 fully saturated rings. The monoisotopic (exact) mass is 432 g/mol. The predicted octanol–water partition coefficient (Wildman–Crippen LogP) is 4.55. The zero-order valence-corrected chi connectivity index (χ0v) is 17.8. The fraction of sp³-hybridized carbons (Fsp3) is 0.130. The number of nitrogens with one attached hydrogen (secondary N) is 1. The number of rotatable bonds is 6. The first-order chi connectivity index (χ1) is 15.0. The summed E-state index contributed by atoms with van der Waals surface area (Å²) >= 11 is 1.09. The topological polar surface area (TPSA) is 86.1 Å². The molecule has 4 aromatic rings. The van der Waals surface area contributed by atoms with Crippen LogP contribution in [0.5, 0.6) is 0 Å². The van der Waals surface area contributed by atoms with Crippen LogP contribution in [0.4, 0.5) is 5.13 Å². The van der Waals surface area contributed by atoms with E-state index >= 15 is 0 Å². The summed E-state index contributed by atoms with van der Waals surface area (Å²) in [5, 5.41) is 7.41. The van der Waals surface area contributed by atoms with Gasteiger partial charge >= 0.3 is 5.97 Å². The summed E-state index contributed by atoms with van der Waals surface area (Å²) in [4.78, 5) is 29.9. The fourth-order valence-corrected chi connectivity index (χ4v) is 3.91. The number of anilines is 1. The van der Waals surface area contributed by atoms with Crippen molar-refractivity contribution in [2.45, 2.75) is 20.5 Å². The molecule has 7 nitrogen and oxygen atoms in total. The van der Waals surface area contributed by atoms with Crippen molar-refractivity contribution < 1.29 is 14.3 Å². The molecule has 0 atom stereocenters. The summed E-state index contributed by atoms with van der Waals surface area (Å²) in [5.74, 6) is -0.801. The number of thiazole rings is 1. The lowest BCUT2D eigenvalue weighted by molar-refractivity contribution is 0.0477. The van der Waals surface area contributed by atoms with Crippen molar-refractivity contribution in [2.24, 2.45) is 0 Å². The van der Waals surface area contributed by atoms with E-state index in [0.717, 1.165) is 22.6 Å². The Balaban J connectivity index is 1.45. The number of nitrogens with zero attached hydrogens (tertiary/aromatic N) is 3. The number of ether oxygens (including phenoxy) is 1. The van der Waals surface area contributed by atoms with Crippen LogP contribution in [-0.4, -0.2) is 26.6 Å². The Labute approximate surface area is 183 Å². The molecule has 4 rings (SSSR count). The molecule has 0 radical (unpaired) electrons. The van der Waals surface area contributed by atoms with Gasteiger partial charge in [-0.3, -0.25) is 10.1 Å². The number of aromatic nitrogens is 3. The summed E-state index contributed by atoms with van der Waals surface area (Å²) in [5.41, 5.74) is 3.42. The average molecular weight is 433 g/mol. The number of esters is 1. The van der Waals surface area contributed by atoms with Crippen LogP contribution in [-0.2, 0) is 11.3 Å². The largest absolute Gasteiger partial charge is 0.457 e. The Morgan fingerprint density at radius 1 is 1.03 bits per heavy atom. The van der Waals surface area contributed by atoms with Crippen LogP contribution in [0.15, 0.2) is 66.9 Å². The highest BCUT2D eigenvalue weighted by Crippen LogP contribution is 2.25. The van der Waals surface area contributed by atoms with E-state index in [4.69, 9.17) is 4.74 Å². The van der Waals surface area contributed by atoms with Gasteiger partial charge in [-0.25, -0.2) is 14.5 Å². The van der Waals surface area contributed by atoms with Crippen molar-refractivity contribution in [1.82, 2.24) is 14.8 Å². The molecule has 0 unspecified atom stereocenters. The molecule has 0 aliphatic carbocycles. The highest BCUT2D eigenvalue weighted by Gasteiger charge is 2.20. The van der Waals surface area contributed by atoms with Gasteiger partial charge < -0.3 is 4.74 Å². The number of para-hydroxylation sites is 1.